The summed E-state index contributed by atoms with van der Waals surface area (Å²) in [5.41, 5.74) is 1.27. The standard InChI is InChI=1S/C19H19ClN4O4S2/c1-12-21-18(23-28-12)14-10-17(29-11-14)30(26,27)24-8-6-13(7-9-24)19(25)22-16-4-2-15(20)3-5-16/h2-5,10-11,13H,6-9H2,1H3,(H,22,25). The summed E-state index contributed by atoms with van der Waals surface area (Å²) in [6.45, 7) is 2.25. The number of amides is 1. The van der Waals surface area contributed by atoms with Crippen molar-refractivity contribution in [2.45, 2.75) is 24.0 Å². The summed E-state index contributed by atoms with van der Waals surface area (Å²) in [5.74, 6) is 0.427. The van der Waals surface area contributed by atoms with Crippen LogP contribution in [0, 0.1) is 12.8 Å². The fourth-order valence-electron chi connectivity index (χ4n) is 3.25. The Hall–Kier alpha value is -2.27. The predicted octanol–water partition coefficient (Wildman–Crippen LogP) is 3.80. The van der Waals surface area contributed by atoms with E-state index >= 15 is 0 Å². The fourth-order valence-corrected chi connectivity index (χ4v) is 6.16. The van der Waals surface area contributed by atoms with Crippen LogP contribution in [-0.4, -0.2) is 41.9 Å². The van der Waals surface area contributed by atoms with Crippen molar-refractivity contribution in [2.75, 3.05) is 18.4 Å². The van der Waals surface area contributed by atoms with E-state index in [1.165, 1.54) is 4.31 Å². The van der Waals surface area contributed by atoms with Crippen molar-refractivity contribution in [3.8, 4) is 11.4 Å². The van der Waals surface area contributed by atoms with Crippen molar-refractivity contribution in [2.24, 2.45) is 5.92 Å². The first-order valence-corrected chi connectivity index (χ1v) is 12.0. The van der Waals surface area contributed by atoms with Crippen LogP contribution in [0.3, 0.4) is 0 Å². The highest BCUT2D eigenvalue weighted by Crippen LogP contribution is 2.31. The molecule has 0 unspecified atom stereocenters. The molecule has 30 heavy (non-hydrogen) atoms. The van der Waals surface area contributed by atoms with Crippen LogP contribution in [0.25, 0.3) is 11.4 Å². The second-order valence-corrected chi connectivity index (χ2v) is 10.5. The van der Waals surface area contributed by atoms with Gasteiger partial charge >= 0.3 is 0 Å². The molecule has 3 aromatic rings. The Balaban J connectivity index is 1.39. The van der Waals surface area contributed by atoms with E-state index in [2.05, 4.69) is 15.5 Å². The van der Waals surface area contributed by atoms with Gasteiger partial charge in [-0.25, -0.2) is 8.42 Å². The molecule has 0 spiro atoms. The second-order valence-electron chi connectivity index (χ2n) is 6.97. The fraction of sp³-hybridized carbons (Fsp3) is 0.316. The summed E-state index contributed by atoms with van der Waals surface area (Å²) in [6.07, 6.45) is 0.918. The summed E-state index contributed by atoms with van der Waals surface area (Å²) >= 11 is 6.98. The topological polar surface area (TPSA) is 105 Å². The summed E-state index contributed by atoms with van der Waals surface area (Å²) in [7, 11) is -3.64. The molecule has 0 bridgehead atoms. The van der Waals surface area contributed by atoms with Gasteiger partial charge in [-0.2, -0.15) is 9.29 Å². The number of aromatic nitrogens is 2. The van der Waals surface area contributed by atoms with E-state index in [-0.39, 0.29) is 29.1 Å². The van der Waals surface area contributed by atoms with Gasteiger partial charge in [0.1, 0.15) is 4.21 Å². The molecule has 1 N–H and O–H groups in total. The van der Waals surface area contributed by atoms with Gasteiger partial charge in [0, 0.05) is 47.6 Å². The summed E-state index contributed by atoms with van der Waals surface area (Å²) in [5, 5.41) is 8.98. The maximum atomic E-state index is 13.0. The van der Waals surface area contributed by atoms with Crippen molar-refractivity contribution in [3.63, 3.8) is 0 Å². The van der Waals surface area contributed by atoms with Crippen LogP contribution in [0.15, 0.2) is 44.4 Å². The van der Waals surface area contributed by atoms with Crippen molar-refractivity contribution < 1.29 is 17.7 Å². The lowest BCUT2D eigenvalue weighted by Gasteiger charge is -2.30. The first-order chi connectivity index (χ1) is 14.3. The number of benzene rings is 1. The number of piperidine rings is 1. The normalized spacial score (nSPS) is 15.9. The molecule has 4 rings (SSSR count). The number of nitrogens with one attached hydrogen (secondary N) is 1. The summed E-state index contributed by atoms with van der Waals surface area (Å²) in [6, 6.07) is 8.44. The van der Waals surface area contributed by atoms with Crippen molar-refractivity contribution in [1.82, 2.24) is 14.4 Å². The molecule has 0 aliphatic carbocycles. The molecule has 11 heteroatoms. The predicted molar refractivity (Wildman–Crippen MR) is 114 cm³/mol. The molecule has 2 aromatic heterocycles. The maximum Gasteiger partial charge on any atom is 0.252 e. The van der Waals surface area contributed by atoms with Crippen LogP contribution in [0.5, 0.6) is 0 Å². The summed E-state index contributed by atoms with van der Waals surface area (Å²) < 4.78 is 32.6. The number of carbonyl (C=O) groups excluding carboxylic acids is 1. The van der Waals surface area contributed by atoms with Crippen LogP contribution < -0.4 is 5.32 Å². The lowest BCUT2D eigenvalue weighted by atomic mass is 9.97. The lowest BCUT2D eigenvalue weighted by molar-refractivity contribution is -0.120. The van der Waals surface area contributed by atoms with Gasteiger partial charge in [0.15, 0.2) is 0 Å². The zero-order valence-electron chi connectivity index (χ0n) is 16.0. The molecule has 1 fully saturated rings. The highest BCUT2D eigenvalue weighted by Gasteiger charge is 2.33. The number of rotatable bonds is 5. The molecule has 1 saturated heterocycles. The minimum atomic E-state index is -3.64. The minimum Gasteiger partial charge on any atom is -0.339 e. The zero-order valence-corrected chi connectivity index (χ0v) is 18.4. The number of hydrogen-bond donors (Lipinski definition) is 1. The van der Waals surface area contributed by atoms with E-state index in [4.69, 9.17) is 16.1 Å². The summed E-state index contributed by atoms with van der Waals surface area (Å²) in [4.78, 5) is 16.6. The van der Waals surface area contributed by atoms with Gasteiger partial charge in [-0.3, -0.25) is 4.79 Å². The Morgan fingerprint density at radius 1 is 1.27 bits per heavy atom. The first-order valence-electron chi connectivity index (χ1n) is 9.29. The average Bonchev–Trinajstić information content (AvgIpc) is 3.39. The monoisotopic (exact) mass is 466 g/mol. The Labute approximate surface area is 182 Å². The third kappa shape index (κ3) is 4.41. The molecule has 8 nitrogen and oxygen atoms in total. The van der Waals surface area contributed by atoms with E-state index in [9.17, 15) is 13.2 Å². The SMILES string of the molecule is Cc1nc(-c2csc(S(=O)(=O)N3CCC(C(=O)Nc4ccc(Cl)cc4)CC3)c2)no1. The number of thiophene rings is 1. The van der Waals surface area contributed by atoms with Gasteiger partial charge in [0.05, 0.1) is 0 Å². The number of anilines is 1. The molecule has 158 valence electrons. The van der Waals surface area contributed by atoms with Gasteiger partial charge < -0.3 is 9.84 Å². The van der Waals surface area contributed by atoms with E-state index in [1.54, 1.807) is 42.6 Å². The van der Waals surface area contributed by atoms with Gasteiger partial charge in [-0.1, -0.05) is 16.8 Å². The maximum absolute atomic E-state index is 13.0. The number of aryl methyl sites for hydroxylation is 1. The van der Waals surface area contributed by atoms with Crippen LogP contribution in [-0.2, 0) is 14.8 Å². The second kappa shape index (κ2) is 8.46. The van der Waals surface area contributed by atoms with Crippen LogP contribution in [0.1, 0.15) is 18.7 Å². The number of nitrogens with zero attached hydrogens (tertiary/aromatic N) is 3. The molecule has 1 amide bonds. The molecular weight excluding hydrogens is 448 g/mol. The van der Waals surface area contributed by atoms with Gasteiger partial charge in [-0.05, 0) is 43.2 Å². The van der Waals surface area contributed by atoms with Crippen molar-refractivity contribution in [3.05, 3.63) is 46.6 Å². The number of sulfonamides is 1. The molecule has 1 aliphatic rings. The van der Waals surface area contributed by atoms with Crippen LogP contribution in [0.2, 0.25) is 5.02 Å². The third-order valence-corrected chi connectivity index (χ3v) is 8.46. The Kier molecular flexibility index (Phi) is 5.92. The van der Waals surface area contributed by atoms with Crippen LogP contribution in [0.4, 0.5) is 5.69 Å². The largest absolute Gasteiger partial charge is 0.339 e. The third-order valence-electron chi connectivity index (χ3n) is 4.89. The quantitative estimate of drug-likeness (QED) is 0.613. The number of hydrogen-bond acceptors (Lipinski definition) is 7. The smallest absolute Gasteiger partial charge is 0.252 e. The number of halogens is 1. The van der Waals surface area contributed by atoms with Crippen molar-refractivity contribution >= 4 is 44.6 Å². The Morgan fingerprint density at radius 3 is 2.60 bits per heavy atom. The lowest BCUT2D eigenvalue weighted by Crippen LogP contribution is -2.41. The molecule has 0 saturated carbocycles. The first kappa shape index (κ1) is 21.0. The van der Waals surface area contributed by atoms with E-state index in [1.807, 2.05) is 0 Å². The van der Waals surface area contributed by atoms with E-state index in [0.29, 0.717) is 40.8 Å². The zero-order chi connectivity index (χ0) is 21.3. The molecular formula is C19H19ClN4O4S2. The highest BCUT2D eigenvalue weighted by molar-refractivity contribution is 7.91. The Morgan fingerprint density at radius 2 is 1.97 bits per heavy atom. The highest BCUT2D eigenvalue weighted by atomic mass is 35.5. The minimum absolute atomic E-state index is 0.111. The molecule has 0 radical (unpaired) electrons. The van der Waals surface area contributed by atoms with Crippen molar-refractivity contribution in [1.29, 1.82) is 0 Å². The van der Waals surface area contributed by atoms with Gasteiger partial charge in [0.25, 0.3) is 10.0 Å². The molecule has 0 atom stereocenters. The molecule has 1 aromatic carbocycles. The Bertz CT molecular complexity index is 1150. The molecule has 3 heterocycles. The average molecular weight is 467 g/mol. The van der Waals surface area contributed by atoms with E-state index < -0.39 is 10.0 Å². The van der Waals surface area contributed by atoms with E-state index in [0.717, 1.165) is 11.3 Å². The number of carbonyl (C=O) groups is 1. The van der Waals surface area contributed by atoms with Gasteiger partial charge in [0.2, 0.25) is 17.6 Å². The van der Waals surface area contributed by atoms with Crippen LogP contribution >= 0.6 is 22.9 Å². The molecule has 1 aliphatic heterocycles. The van der Waals surface area contributed by atoms with Gasteiger partial charge in [-0.15, -0.1) is 11.3 Å².